The average molecular weight is 817 g/mol. The molecular formula is C42H31N5OPt. The maximum Gasteiger partial charge on any atom is 2.00 e. The van der Waals surface area contributed by atoms with Gasteiger partial charge in [0.05, 0.1) is 11.0 Å². The molecule has 4 heterocycles. The van der Waals surface area contributed by atoms with Crippen LogP contribution in [0.15, 0.2) is 134 Å². The Morgan fingerprint density at radius 2 is 1.39 bits per heavy atom. The minimum atomic E-state index is -0.00623. The third kappa shape index (κ3) is 5.24. The number of rotatable bonds is 5. The number of hydrogen-bond acceptors (Lipinski definition) is 3. The van der Waals surface area contributed by atoms with Crippen LogP contribution in [0.4, 0.5) is 0 Å². The quantitative estimate of drug-likeness (QED) is 0.163. The van der Waals surface area contributed by atoms with Crippen LogP contribution < -0.4 is 4.74 Å². The molecule has 49 heavy (non-hydrogen) atoms. The standard InChI is InChI=1S/C42H31N5O.Pt/c1-42(2,3)29-22-23-43-40(25-29)47-36-17-8-7-16-33(36)34-21-20-32(26-39(34)47)48-31-15-11-12-28(24-31)35-27-45-37-18-9-10-19-38(37)46(41(45)44-35)30-13-5-4-6-14-30;/h4-23,25,27H,1-3H3;/q-2;+2. The molecule has 5 aromatic carbocycles. The Hall–Kier alpha value is -5.45. The predicted molar refractivity (Wildman–Crippen MR) is 192 cm³/mol. The van der Waals surface area contributed by atoms with Gasteiger partial charge in [-0.15, -0.1) is 41.3 Å². The van der Waals surface area contributed by atoms with Crippen molar-refractivity contribution in [1.29, 1.82) is 0 Å². The molecule has 0 saturated carbocycles. The second kappa shape index (κ2) is 11.9. The van der Waals surface area contributed by atoms with Crippen LogP contribution in [0.25, 0.3) is 61.4 Å². The van der Waals surface area contributed by atoms with Gasteiger partial charge < -0.3 is 9.30 Å². The van der Waals surface area contributed by atoms with E-state index in [0.717, 1.165) is 61.4 Å². The van der Waals surface area contributed by atoms with Crippen molar-refractivity contribution in [1.82, 2.24) is 23.5 Å². The number of fused-ring (bicyclic) bond motifs is 6. The molecule has 0 N–H and O–H groups in total. The number of imidazole rings is 2. The predicted octanol–water partition coefficient (Wildman–Crippen LogP) is 10.1. The first-order valence-corrected chi connectivity index (χ1v) is 16.1. The van der Waals surface area contributed by atoms with Gasteiger partial charge in [-0.3, -0.25) is 14.0 Å². The van der Waals surface area contributed by atoms with Crippen molar-refractivity contribution in [2.45, 2.75) is 26.2 Å². The van der Waals surface area contributed by atoms with Crippen molar-refractivity contribution < 1.29 is 25.8 Å². The zero-order valence-corrected chi connectivity index (χ0v) is 29.4. The molecule has 0 fully saturated rings. The van der Waals surface area contributed by atoms with E-state index in [1.807, 2.05) is 48.7 Å². The Bertz CT molecular complexity index is 2640. The van der Waals surface area contributed by atoms with E-state index in [1.54, 1.807) is 0 Å². The molecule has 0 aliphatic carbocycles. The van der Waals surface area contributed by atoms with Crippen LogP contribution in [-0.4, -0.2) is 23.5 Å². The van der Waals surface area contributed by atoms with Crippen LogP contribution in [0.3, 0.4) is 0 Å². The molecule has 9 aromatic rings. The van der Waals surface area contributed by atoms with Gasteiger partial charge in [-0.25, -0.2) is 4.98 Å². The van der Waals surface area contributed by atoms with Crippen LogP contribution in [-0.2, 0) is 26.5 Å². The summed E-state index contributed by atoms with van der Waals surface area (Å²) in [6.45, 7) is 6.66. The second-order valence-electron chi connectivity index (χ2n) is 13.1. The van der Waals surface area contributed by atoms with E-state index >= 15 is 0 Å². The summed E-state index contributed by atoms with van der Waals surface area (Å²) < 4.78 is 13.0. The third-order valence-electron chi connectivity index (χ3n) is 8.95. The molecule has 0 unspecified atom stereocenters. The summed E-state index contributed by atoms with van der Waals surface area (Å²) in [7, 11) is 0. The monoisotopic (exact) mass is 816 g/mol. The normalized spacial score (nSPS) is 11.8. The van der Waals surface area contributed by atoms with E-state index in [1.165, 1.54) is 5.56 Å². The molecule has 7 heteroatoms. The molecule has 0 aliphatic heterocycles. The summed E-state index contributed by atoms with van der Waals surface area (Å²) in [5.74, 6) is 2.89. The molecule has 0 aliphatic rings. The molecule has 0 radical (unpaired) electrons. The maximum atomic E-state index is 6.45. The number of para-hydroxylation sites is 4. The largest absolute Gasteiger partial charge is 2.00 e. The van der Waals surface area contributed by atoms with Gasteiger partial charge in [-0.2, -0.15) is 6.07 Å². The maximum absolute atomic E-state index is 6.45. The van der Waals surface area contributed by atoms with Crippen molar-refractivity contribution in [2.24, 2.45) is 0 Å². The molecule has 6 nitrogen and oxygen atoms in total. The first-order valence-electron chi connectivity index (χ1n) is 16.1. The molecule has 0 bridgehead atoms. The first kappa shape index (κ1) is 30.9. The minimum Gasteiger partial charge on any atom is -0.503 e. The molecule has 0 atom stereocenters. The van der Waals surface area contributed by atoms with E-state index in [2.05, 4.69) is 131 Å². The summed E-state index contributed by atoms with van der Waals surface area (Å²) in [6.07, 6.45) is 3.96. The Kier molecular flexibility index (Phi) is 7.50. The first-order chi connectivity index (χ1) is 23.4. The van der Waals surface area contributed by atoms with Crippen LogP contribution in [0.5, 0.6) is 11.5 Å². The number of pyridine rings is 1. The average Bonchev–Trinajstić information content (AvgIpc) is 3.77. The van der Waals surface area contributed by atoms with Crippen molar-refractivity contribution >= 4 is 38.6 Å². The Morgan fingerprint density at radius 1 is 0.653 bits per heavy atom. The van der Waals surface area contributed by atoms with Gasteiger partial charge in [0.1, 0.15) is 5.82 Å². The van der Waals surface area contributed by atoms with E-state index in [4.69, 9.17) is 14.7 Å². The molecule has 0 saturated heterocycles. The van der Waals surface area contributed by atoms with Crippen LogP contribution in [0.1, 0.15) is 26.3 Å². The summed E-state index contributed by atoms with van der Waals surface area (Å²) in [6, 6.07) is 48.4. The smallest absolute Gasteiger partial charge is 0.503 e. The summed E-state index contributed by atoms with van der Waals surface area (Å²) in [4.78, 5) is 9.90. The van der Waals surface area contributed by atoms with E-state index in [9.17, 15) is 0 Å². The van der Waals surface area contributed by atoms with Gasteiger partial charge in [0, 0.05) is 34.6 Å². The van der Waals surface area contributed by atoms with Crippen molar-refractivity contribution in [3.8, 4) is 34.3 Å². The van der Waals surface area contributed by atoms with Crippen LogP contribution in [0, 0.1) is 12.1 Å². The molecule has 9 rings (SSSR count). The number of ether oxygens (including phenoxy) is 1. The molecule has 4 aromatic heterocycles. The van der Waals surface area contributed by atoms with Gasteiger partial charge in [0.25, 0.3) is 0 Å². The molecule has 240 valence electrons. The Morgan fingerprint density at radius 3 is 2.20 bits per heavy atom. The molecule has 0 spiro atoms. The fraction of sp³-hybridized carbons (Fsp3) is 0.0952. The van der Waals surface area contributed by atoms with Crippen molar-refractivity contribution in [2.75, 3.05) is 0 Å². The fourth-order valence-electron chi connectivity index (χ4n) is 6.59. The third-order valence-corrected chi connectivity index (χ3v) is 8.95. The SMILES string of the molecule is CC(C)(C)c1ccnc(-n2c3[c-]c(Oc4[c-]c(-c5cn6c7ccccc7n(-c7ccccc7)c6n5)ccc4)ccc3c3ccccc32)c1.[Pt+2]. The van der Waals surface area contributed by atoms with Crippen molar-refractivity contribution in [3.63, 3.8) is 0 Å². The van der Waals surface area contributed by atoms with Gasteiger partial charge in [-0.05, 0) is 65.0 Å². The summed E-state index contributed by atoms with van der Waals surface area (Å²) >= 11 is 0. The fourth-order valence-corrected chi connectivity index (χ4v) is 6.59. The second-order valence-corrected chi connectivity index (χ2v) is 13.1. The van der Waals surface area contributed by atoms with Gasteiger partial charge in [-0.1, -0.05) is 80.9 Å². The minimum absolute atomic E-state index is 0. The Labute approximate surface area is 298 Å². The van der Waals surface area contributed by atoms with Gasteiger partial charge in [0.15, 0.2) is 0 Å². The summed E-state index contributed by atoms with van der Waals surface area (Å²) in [5.41, 5.74) is 8.11. The molecular weight excluding hydrogens is 786 g/mol. The van der Waals surface area contributed by atoms with Gasteiger partial charge in [0.2, 0.25) is 5.78 Å². The van der Waals surface area contributed by atoms with Gasteiger partial charge >= 0.3 is 21.1 Å². The van der Waals surface area contributed by atoms with Crippen molar-refractivity contribution in [3.05, 3.63) is 151 Å². The zero-order chi connectivity index (χ0) is 32.4. The van der Waals surface area contributed by atoms with Crippen LogP contribution >= 0.6 is 0 Å². The number of benzene rings is 5. The van der Waals surface area contributed by atoms with Crippen LogP contribution in [0.2, 0.25) is 0 Å². The summed E-state index contributed by atoms with van der Waals surface area (Å²) in [5, 5.41) is 2.24. The topological polar surface area (TPSA) is 49.3 Å². The Balaban J connectivity index is 0.00000348. The number of nitrogens with zero attached hydrogens (tertiary/aromatic N) is 5. The van der Waals surface area contributed by atoms with E-state index in [0.29, 0.717) is 11.5 Å². The van der Waals surface area contributed by atoms with E-state index in [-0.39, 0.29) is 26.5 Å². The van der Waals surface area contributed by atoms with E-state index < -0.39 is 0 Å². The number of aromatic nitrogens is 5. The molecule has 0 amide bonds. The zero-order valence-electron chi connectivity index (χ0n) is 27.2. The number of hydrogen-bond donors (Lipinski definition) is 0.